The van der Waals surface area contributed by atoms with E-state index in [0.29, 0.717) is 6.61 Å². The molecule has 1 aromatic carbocycles. The topological polar surface area (TPSA) is 49.4 Å². The summed E-state index contributed by atoms with van der Waals surface area (Å²) in [6.45, 7) is 0.513. The first-order chi connectivity index (χ1) is 7.76. The molecule has 0 bridgehead atoms. The highest BCUT2D eigenvalue weighted by atomic mass is 16.6. The fourth-order valence-corrected chi connectivity index (χ4v) is 1.88. The Balaban J connectivity index is 2.48. The minimum atomic E-state index is 0.513. The summed E-state index contributed by atoms with van der Waals surface area (Å²) in [6, 6.07) is 6.22. The van der Waals surface area contributed by atoms with Crippen molar-refractivity contribution in [3.05, 3.63) is 30.0 Å². The summed E-state index contributed by atoms with van der Waals surface area (Å²) >= 11 is 0. The van der Waals surface area contributed by atoms with Crippen molar-refractivity contribution in [2.75, 3.05) is 13.7 Å². The Labute approximate surface area is 94.5 Å². The third-order valence-electron chi connectivity index (χ3n) is 2.75. The van der Waals surface area contributed by atoms with Crippen molar-refractivity contribution in [2.24, 2.45) is 12.9 Å². The van der Waals surface area contributed by atoms with Gasteiger partial charge in [0.25, 0.3) is 0 Å². The number of nitrogens with zero attached hydrogens (tertiary/aromatic N) is 1. The van der Waals surface area contributed by atoms with Crippen LogP contribution in [0.3, 0.4) is 0 Å². The van der Waals surface area contributed by atoms with E-state index in [-0.39, 0.29) is 0 Å². The lowest BCUT2D eigenvalue weighted by atomic mass is 10.1. The third-order valence-corrected chi connectivity index (χ3v) is 2.75. The van der Waals surface area contributed by atoms with Gasteiger partial charge in [-0.3, -0.25) is 0 Å². The number of methoxy groups -OCH3 is 1. The molecule has 0 aliphatic rings. The molecule has 4 heteroatoms. The molecule has 0 aliphatic carbocycles. The van der Waals surface area contributed by atoms with Gasteiger partial charge in [-0.15, -0.1) is 0 Å². The van der Waals surface area contributed by atoms with Crippen LogP contribution in [0.2, 0.25) is 0 Å². The molecule has 86 valence electrons. The van der Waals surface area contributed by atoms with Crippen LogP contribution in [0.15, 0.2) is 24.4 Å². The van der Waals surface area contributed by atoms with E-state index in [1.54, 1.807) is 7.11 Å². The minimum absolute atomic E-state index is 0.513. The third kappa shape index (κ3) is 1.89. The second-order valence-corrected chi connectivity index (χ2v) is 3.78. The van der Waals surface area contributed by atoms with E-state index in [0.717, 1.165) is 28.6 Å². The van der Waals surface area contributed by atoms with Crippen molar-refractivity contribution >= 4 is 10.9 Å². The predicted octanol–water partition coefficient (Wildman–Crippen LogP) is 1.62. The van der Waals surface area contributed by atoms with E-state index in [2.05, 4.69) is 21.5 Å². The first-order valence-corrected chi connectivity index (χ1v) is 5.20. The van der Waals surface area contributed by atoms with Crippen LogP contribution in [0, 0.1) is 0 Å². The summed E-state index contributed by atoms with van der Waals surface area (Å²) in [5.74, 6) is 5.93. The largest absolute Gasteiger partial charge is 0.496 e. The van der Waals surface area contributed by atoms with Crippen molar-refractivity contribution in [2.45, 2.75) is 6.42 Å². The zero-order chi connectivity index (χ0) is 11.5. The van der Waals surface area contributed by atoms with E-state index in [9.17, 15) is 0 Å². The molecule has 1 heterocycles. The van der Waals surface area contributed by atoms with Gasteiger partial charge in [-0.25, -0.2) is 5.90 Å². The lowest BCUT2D eigenvalue weighted by Crippen LogP contribution is -2.04. The Bertz CT molecular complexity index is 491. The molecule has 0 fully saturated rings. The van der Waals surface area contributed by atoms with Crippen LogP contribution in [0.5, 0.6) is 5.75 Å². The summed E-state index contributed by atoms with van der Waals surface area (Å²) in [5.41, 5.74) is 2.32. The number of aromatic nitrogens is 1. The van der Waals surface area contributed by atoms with Gasteiger partial charge in [0, 0.05) is 18.6 Å². The number of fused-ring (bicyclic) bond motifs is 1. The van der Waals surface area contributed by atoms with Gasteiger partial charge in [0.2, 0.25) is 0 Å². The fourth-order valence-electron chi connectivity index (χ4n) is 1.88. The number of ether oxygens (including phenoxy) is 1. The number of benzene rings is 1. The van der Waals surface area contributed by atoms with Gasteiger partial charge in [-0.05, 0) is 30.2 Å². The van der Waals surface area contributed by atoms with E-state index >= 15 is 0 Å². The number of hydrogen-bond acceptors (Lipinski definition) is 3. The molecular formula is C12H16N2O2. The standard InChI is InChI=1S/C12H16N2O2/c1-14-5-3-10-11(14)7-9(4-6-16-13)8-12(10)15-2/h3,5,7-8H,4,6,13H2,1-2H3. The van der Waals surface area contributed by atoms with Gasteiger partial charge >= 0.3 is 0 Å². The molecule has 0 saturated heterocycles. The molecule has 2 rings (SSSR count). The SMILES string of the molecule is COc1cc(CCON)cc2c1ccn2C. The maximum absolute atomic E-state index is 5.38. The smallest absolute Gasteiger partial charge is 0.128 e. The van der Waals surface area contributed by atoms with Crippen molar-refractivity contribution in [3.63, 3.8) is 0 Å². The Kier molecular flexibility index (Phi) is 3.12. The molecule has 0 unspecified atom stereocenters. The van der Waals surface area contributed by atoms with Gasteiger partial charge in [0.1, 0.15) is 5.75 Å². The maximum atomic E-state index is 5.38. The molecule has 0 aliphatic heterocycles. The van der Waals surface area contributed by atoms with Crippen LogP contribution in [0.4, 0.5) is 0 Å². The van der Waals surface area contributed by atoms with E-state index in [4.69, 9.17) is 10.6 Å². The molecule has 0 atom stereocenters. The van der Waals surface area contributed by atoms with Gasteiger partial charge in [-0.1, -0.05) is 0 Å². The number of aryl methyl sites for hydroxylation is 1. The number of nitrogens with two attached hydrogens (primary N) is 1. The van der Waals surface area contributed by atoms with Gasteiger partial charge in [-0.2, -0.15) is 0 Å². The minimum Gasteiger partial charge on any atom is -0.496 e. The molecule has 0 spiro atoms. The highest BCUT2D eigenvalue weighted by Gasteiger charge is 2.07. The zero-order valence-electron chi connectivity index (χ0n) is 9.56. The Hall–Kier alpha value is -1.52. The molecule has 1 aromatic heterocycles. The summed E-state index contributed by atoms with van der Waals surface area (Å²) < 4.78 is 7.45. The average Bonchev–Trinajstić information content (AvgIpc) is 2.68. The van der Waals surface area contributed by atoms with Crippen molar-refractivity contribution in [3.8, 4) is 5.75 Å². The summed E-state index contributed by atoms with van der Waals surface area (Å²) in [7, 11) is 3.70. The highest BCUT2D eigenvalue weighted by Crippen LogP contribution is 2.28. The molecule has 0 radical (unpaired) electrons. The average molecular weight is 220 g/mol. The lowest BCUT2D eigenvalue weighted by Gasteiger charge is -2.07. The fraction of sp³-hybridized carbons (Fsp3) is 0.333. The van der Waals surface area contributed by atoms with Crippen LogP contribution in [-0.4, -0.2) is 18.3 Å². The van der Waals surface area contributed by atoms with Crippen LogP contribution in [0.25, 0.3) is 10.9 Å². The van der Waals surface area contributed by atoms with Crippen LogP contribution < -0.4 is 10.6 Å². The summed E-state index contributed by atoms with van der Waals surface area (Å²) in [5, 5.41) is 1.13. The number of hydrogen-bond donors (Lipinski definition) is 1. The first kappa shape index (κ1) is 11.0. The Morgan fingerprint density at radius 1 is 1.38 bits per heavy atom. The first-order valence-electron chi connectivity index (χ1n) is 5.20. The van der Waals surface area contributed by atoms with Gasteiger partial charge in [0.15, 0.2) is 0 Å². The van der Waals surface area contributed by atoms with Gasteiger partial charge < -0.3 is 14.1 Å². The second kappa shape index (κ2) is 4.55. The summed E-state index contributed by atoms with van der Waals surface area (Å²) in [6.07, 6.45) is 2.81. The Morgan fingerprint density at radius 3 is 2.88 bits per heavy atom. The summed E-state index contributed by atoms with van der Waals surface area (Å²) in [4.78, 5) is 4.60. The van der Waals surface area contributed by atoms with Gasteiger partial charge in [0.05, 0.1) is 19.2 Å². The molecule has 2 N–H and O–H groups in total. The Morgan fingerprint density at radius 2 is 2.19 bits per heavy atom. The maximum Gasteiger partial charge on any atom is 0.128 e. The van der Waals surface area contributed by atoms with E-state index < -0.39 is 0 Å². The molecule has 0 saturated carbocycles. The van der Waals surface area contributed by atoms with E-state index in [1.807, 2.05) is 19.3 Å². The van der Waals surface area contributed by atoms with Crippen LogP contribution in [-0.2, 0) is 18.3 Å². The molecular weight excluding hydrogens is 204 g/mol. The van der Waals surface area contributed by atoms with E-state index in [1.165, 1.54) is 0 Å². The van der Waals surface area contributed by atoms with Crippen LogP contribution >= 0.6 is 0 Å². The van der Waals surface area contributed by atoms with Crippen molar-refractivity contribution in [1.29, 1.82) is 0 Å². The van der Waals surface area contributed by atoms with Crippen molar-refractivity contribution < 1.29 is 9.57 Å². The normalized spacial score (nSPS) is 10.9. The van der Waals surface area contributed by atoms with Crippen molar-refractivity contribution in [1.82, 2.24) is 4.57 Å². The second-order valence-electron chi connectivity index (χ2n) is 3.78. The van der Waals surface area contributed by atoms with Crippen LogP contribution in [0.1, 0.15) is 5.56 Å². The zero-order valence-corrected chi connectivity index (χ0v) is 9.56. The predicted molar refractivity (Wildman–Crippen MR) is 63.3 cm³/mol. The molecule has 2 aromatic rings. The molecule has 0 amide bonds. The molecule has 16 heavy (non-hydrogen) atoms. The highest BCUT2D eigenvalue weighted by molar-refractivity contribution is 5.87. The lowest BCUT2D eigenvalue weighted by molar-refractivity contribution is 0.141. The monoisotopic (exact) mass is 220 g/mol. The number of rotatable bonds is 4. The quantitative estimate of drug-likeness (QED) is 0.796. The molecule has 4 nitrogen and oxygen atoms in total.